The molecule has 0 bridgehead atoms. The molecule has 0 radical (unpaired) electrons. The monoisotopic (exact) mass is 685 g/mol. The average molecular weight is 686 g/mol. The first kappa shape index (κ1) is 34.7. The highest BCUT2D eigenvalue weighted by Gasteiger charge is 2.20. The first-order chi connectivity index (χ1) is 23.6. The highest BCUT2D eigenvalue weighted by Crippen LogP contribution is 2.36. The molecule has 49 heavy (non-hydrogen) atoms. The zero-order valence-corrected chi connectivity index (χ0v) is 29.1. The minimum atomic E-state index is -0.506. The molecule has 0 saturated heterocycles. The van der Waals surface area contributed by atoms with E-state index in [2.05, 4.69) is 22.0 Å². The van der Waals surface area contributed by atoms with Crippen LogP contribution in [0, 0.1) is 18.3 Å². The molecule has 8 nitrogen and oxygen atoms in total. The topological polar surface area (TPSA) is 114 Å². The number of hydrogen-bond donors (Lipinski definition) is 3. The van der Waals surface area contributed by atoms with Crippen LogP contribution in [0.4, 0.5) is 16.4 Å². The zero-order valence-electron chi connectivity index (χ0n) is 27.5. The normalized spacial score (nSPS) is 11.6. The summed E-state index contributed by atoms with van der Waals surface area (Å²) in [4.78, 5) is 42.6. The molecule has 3 amide bonds. The Labute approximate surface area is 294 Å². The van der Waals surface area contributed by atoms with Crippen LogP contribution in [0.5, 0.6) is 0 Å². The third-order valence-corrected chi connectivity index (χ3v) is 9.51. The summed E-state index contributed by atoms with van der Waals surface area (Å²) in [5.74, 6) is -1.16. The fourth-order valence-corrected chi connectivity index (χ4v) is 6.65. The first-order valence-corrected chi connectivity index (χ1v) is 17.2. The zero-order chi connectivity index (χ0) is 34.9. The van der Waals surface area contributed by atoms with Gasteiger partial charge in [0.2, 0.25) is 5.91 Å². The Morgan fingerprint density at radius 1 is 0.898 bits per heavy atom. The molecule has 1 heterocycles. The van der Waals surface area contributed by atoms with Gasteiger partial charge < -0.3 is 20.9 Å². The van der Waals surface area contributed by atoms with Crippen molar-refractivity contribution in [1.29, 1.82) is 5.26 Å². The van der Waals surface area contributed by atoms with Crippen molar-refractivity contribution in [2.45, 2.75) is 24.0 Å². The van der Waals surface area contributed by atoms with Gasteiger partial charge in [0.25, 0.3) is 11.8 Å². The van der Waals surface area contributed by atoms with Gasteiger partial charge in [-0.3, -0.25) is 14.4 Å². The summed E-state index contributed by atoms with van der Waals surface area (Å²) in [6.07, 6.45) is 1.63. The fraction of sp³-hybridized carbons (Fsp3) is 0.128. The van der Waals surface area contributed by atoms with Crippen LogP contribution in [-0.4, -0.2) is 37.1 Å². The summed E-state index contributed by atoms with van der Waals surface area (Å²) >= 11 is 2.64. The van der Waals surface area contributed by atoms with Crippen molar-refractivity contribution in [2.75, 3.05) is 29.6 Å². The number of nitriles is 1. The third-order valence-electron chi connectivity index (χ3n) is 7.53. The molecule has 0 aliphatic carbocycles. The summed E-state index contributed by atoms with van der Waals surface area (Å²) in [7, 11) is 3.89. The van der Waals surface area contributed by atoms with Gasteiger partial charge in [-0.1, -0.05) is 66.2 Å². The number of hydrogen-bond acceptors (Lipinski definition) is 7. The Morgan fingerprint density at radius 2 is 1.61 bits per heavy atom. The van der Waals surface area contributed by atoms with Gasteiger partial charge >= 0.3 is 0 Å². The van der Waals surface area contributed by atoms with Gasteiger partial charge in [-0.2, -0.15) is 5.26 Å². The van der Waals surface area contributed by atoms with E-state index in [1.54, 1.807) is 55.5 Å². The maximum absolute atomic E-state index is 13.6. The van der Waals surface area contributed by atoms with Crippen molar-refractivity contribution < 1.29 is 14.4 Å². The fourth-order valence-electron chi connectivity index (χ4n) is 4.80. The van der Waals surface area contributed by atoms with Crippen LogP contribution in [0.3, 0.4) is 0 Å². The van der Waals surface area contributed by atoms with Crippen molar-refractivity contribution in [2.24, 2.45) is 0 Å². The number of nitrogens with zero attached hydrogens (tertiary/aromatic N) is 2. The summed E-state index contributed by atoms with van der Waals surface area (Å²) in [6, 6.07) is 33.6. The molecule has 1 aromatic heterocycles. The predicted molar refractivity (Wildman–Crippen MR) is 201 cm³/mol. The number of benzene rings is 4. The molecule has 4 aromatic carbocycles. The number of nitrogens with one attached hydrogen (secondary N) is 3. The molecule has 0 aliphatic heterocycles. The van der Waals surface area contributed by atoms with E-state index in [-0.39, 0.29) is 11.6 Å². The van der Waals surface area contributed by atoms with Crippen LogP contribution in [0.15, 0.2) is 119 Å². The van der Waals surface area contributed by atoms with Crippen LogP contribution >= 0.6 is 23.1 Å². The lowest BCUT2D eigenvalue weighted by atomic mass is 10.0. The molecular weight excluding hydrogens is 651 g/mol. The van der Waals surface area contributed by atoms with Crippen molar-refractivity contribution in [3.8, 4) is 17.2 Å². The van der Waals surface area contributed by atoms with Crippen LogP contribution in [0.25, 0.3) is 17.2 Å². The van der Waals surface area contributed by atoms with E-state index in [9.17, 15) is 19.6 Å². The average Bonchev–Trinajstić information content (AvgIpc) is 3.51. The molecule has 5 rings (SSSR count). The molecule has 0 aliphatic rings. The Morgan fingerprint density at radius 3 is 2.29 bits per heavy atom. The Kier molecular flexibility index (Phi) is 11.3. The maximum atomic E-state index is 13.6. The van der Waals surface area contributed by atoms with E-state index < -0.39 is 17.1 Å². The van der Waals surface area contributed by atoms with Gasteiger partial charge in [-0.15, -0.1) is 23.1 Å². The number of rotatable bonds is 11. The van der Waals surface area contributed by atoms with Crippen molar-refractivity contribution in [3.63, 3.8) is 0 Å². The van der Waals surface area contributed by atoms with Gasteiger partial charge in [-0.25, -0.2) is 0 Å². The predicted octanol–water partition coefficient (Wildman–Crippen LogP) is 8.19. The molecule has 0 saturated carbocycles. The molecule has 5 aromatic rings. The quantitative estimate of drug-likeness (QED) is 0.0955. The Bertz CT molecular complexity index is 2030. The standard InChI is InChI=1S/C39H35N5O3S2/c1-25-13-17-28(18-14-25)34-24-48-39(33(34)23-40)43-36(45)26(2)49-32-12-8-11-30(22-32)41-38(47)35(42-37(46)29-9-6-5-7-10-29)21-27-15-19-31(20-16-27)44(3)4/h5-22,24,26H,1-4H3,(H,41,47)(H,42,46)(H,43,45)/b35-21+. The number of carbonyl (C=O) groups is 3. The largest absolute Gasteiger partial charge is 0.378 e. The van der Waals surface area contributed by atoms with Crippen molar-refractivity contribution in [1.82, 2.24) is 5.32 Å². The van der Waals surface area contributed by atoms with Crippen LogP contribution < -0.4 is 20.9 Å². The lowest BCUT2D eigenvalue weighted by molar-refractivity contribution is -0.115. The van der Waals surface area contributed by atoms with Gasteiger partial charge in [-0.05, 0) is 73.5 Å². The number of amides is 3. The lowest BCUT2D eigenvalue weighted by Gasteiger charge is -2.14. The molecule has 246 valence electrons. The molecule has 0 fully saturated rings. The van der Waals surface area contributed by atoms with E-state index in [1.807, 2.05) is 92.0 Å². The van der Waals surface area contributed by atoms with Gasteiger partial charge in [0.05, 0.1) is 10.8 Å². The number of anilines is 3. The maximum Gasteiger partial charge on any atom is 0.272 e. The summed E-state index contributed by atoms with van der Waals surface area (Å²) < 4.78 is 0. The Hall–Kier alpha value is -5.63. The van der Waals surface area contributed by atoms with E-state index in [0.29, 0.717) is 21.8 Å². The number of aryl methyl sites for hydroxylation is 1. The van der Waals surface area contributed by atoms with Crippen LogP contribution in [0.2, 0.25) is 0 Å². The highest BCUT2D eigenvalue weighted by atomic mass is 32.2. The SMILES string of the molecule is Cc1ccc(-c2csc(NC(=O)C(C)Sc3cccc(NC(=O)/C(=C\c4ccc(N(C)C)cc4)NC(=O)c4ccccc4)c3)c2C#N)cc1. The van der Waals surface area contributed by atoms with E-state index in [1.165, 1.54) is 23.1 Å². The van der Waals surface area contributed by atoms with E-state index in [0.717, 1.165) is 32.8 Å². The summed E-state index contributed by atoms with van der Waals surface area (Å²) in [5, 5.41) is 20.4. The molecule has 0 spiro atoms. The van der Waals surface area contributed by atoms with Gasteiger partial charge in [0.15, 0.2) is 0 Å². The number of carbonyl (C=O) groups excluding carboxylic acids is 3. The summed E-state index contributed by atoms with van der Waals surface area (Å²) in [6.45, 7) is 3.79. The minimum Gasteiger partial charge on any atom is -0.378 e. The van der Waals surface area contributed by atoms with Crippen LogP contribution in [0.1, 0.15) is 34.0 Å². The minimum absolute atomic E-state index is 0.0755. The molecule has 1 atom stereocenters. The molecule has 10 heteroatoms. The second-order valence-corrected chi connectivity index (χ2v) is 13.7. The van der Waals surface area contributed by atoms with Gasteiger partial charge in [0.1, 0.15) is 16.8 Å². The lowest BCUT2D eigenvalue weighted by Crippen LogP contribution is -2.30. The van der Waals surface area contributed by atoms with E-state index >= 15 is 0 Å². The number of thiophene rings is 1. The van der Waals surface area contributed by atoms with Crippen LogP contribution in [-0.2, 0) is 9.59 Å². The van der Waals surface area contributed by atoms with Crippen molar-refractivity contribution >= 4 is 63.3 Å². The third kappa shape index (κ3) is 9.05. The van der Waals surface area contributed by atoms with Gasteiger partial charge in [0, 0.05) is 46.9 Å². The molecule has 1 unspecified atom stereocenters. The Balaban J connectivity index is 1.29. The smallest absolute Gasteiger partial charge is 0.272 e. The first-order valence-electron chi connectivity index (χ1n) is 15.4. The molecule has 3 N–H and O–H groups in total. The van der Waals surface area contributed by atoms with Crippen molar-refractivity contribution in [3.05, 3.63) is 136 Å². The summed E-state index contributed by atoms with van der Waals surface area (Å²) in [5.41, 5.74) is 5.99. The highest BCUT2D eigenvalue weighted by molar-refractivity contribution is 8.00. The second-order valence-electron chi connectivity index (χ2n) is 11.4. The number of thioether (sulfide) groups is 1. The molecular formula is C39H35N5O3S2. The second kappa shape index (κ2) is 16.0. The van der Waals surface area contributed by atoms with E-state index in [4.69, 9.17) is 0 Å².